The van der Waals surface area contributed by atoms with Crippen LogP contribution in [-0.2, 0) is 6.61 Å². The summed E-state index contributed by atoms with van der Waals surface area (Å²) in [5, 5.41) is 9.35. The van der Waals surface area contributed by atoms with E-state index < -0.39 is 0 Å². The van der Waals surface area contributed by atoms with Gasteiger partial charge in [0.05, 0.1) is 34.4 Å². The highest BCUT2D eigenvalue weighted by molar-refractivity contribution is 5.42. The van der Waals surface area contributed by atoms with Crippen molar-refractivity contribution in [3.05, 3.63) is 23.8 Å². The number of likely N-dealkylation sites (N-methyl/N-ethyl adjacent to an activating group) is 1. The average molecular weight is 559 g/mol. The van der Waals surface area contributed by atoms with E-state index in [0.29, 0.717) is 6.61 Å². The van der Waals surface area contributed by atoms with Crippen LogP contribution < -0.4 is 26.5 Å². The van der Waals surface area contributed by atoms with Crippen molar-refractivity contribution in [1.29, 1.82) is 0 Å². The highest BCUT2D eigenvalue weighted by Crippen LogP contribution is 2.28. The van der Waals surface area contributed by atoms with Crippen molar-refractivity contribution in [3.8, 4) is 11.5 Å². The number of methoxy groups -OCH3 is 1. The van der Waals surface area contributed by atoms with Gasteiger partial charge in [-0.1, -0.05) is 103 Å². The van der Waals surface area contributed by atoms with Gasteiger partial charge >= 0.3 is 0 Å². The molecule has 0 fully saturated rings. The van der Waals surface area contributed by atoms with E-state index in [1.165, 1.54) is 109 Å². The van der Waals surface area contributed by atoms with Crippen molar-refractivity contribution in [2.75, 3.05) is 40.9 Å². The molecule has 0 bridgehead atoms. The lowest BCUT2D eigenvalue weighted by molar-refractivity contribution is -0.890. The number of halogens is 1. The Bertz CT molecular complexity index is 609. The van der Waals surface area contributed by atoms with E-state index in [1.807, 2.05) is 18.2 Å². The molecule has 1 rings (SSSR count). The highest BCUT2D eigenvalue weighted by Gasteiger charge is 2.15. The summed E-state index contributed by atoms with van der Waals surface area (Å²) in [6.45, 7) is 5.11. The van der Waals surface area contributed by atoms with Crippen molar-refractivity contribution in [3.63, 3.8) is 0 Å². The number of quaternary nitrogens is 1. The molecule has 4 nitrogen and oxygen atoms in total. The van der Waals surface area contributed by atoms with Crippen LogP contribution in [-0.4, -0.2) is 50.5 Å². The molecular weight excluding hydrogens is 502 g/mol. The number of ether oxygens (including phenoxy) is 2. The number of unbranched alkanes of at least 4 members (excludes halogenated alkanes) is 15. The third kappa shape index (κ3) is 18.2. The van der Waals surface area contributed by atoms with E-state index >= 15 is 0 Å². The number of nitrogens with zero attached hydrogens (tertiary/aromatic N) is 1. The van der Waals surface area contributed by atoms with Crippen molar-refractivity contribution >= 4 is 0 Å². The summed E-state index contributed by atoms with van der Waals surface area (Å²) < 4.78 is 12.3. The molecular formula is C30H56BrNO3. The first-order valence-corrected chi connectivity index (χ1v) is 14.2. The first-order chi connectivity index (χ1) is 16.5. The van der Waals surface area contributed by atoms with Crippen LogP contribution in [0, 0.1) is 0 Å². The van der Waals surface area contributed by atoms with Crippen LogP contribution in [0.3, 0.4) is 0 Å². The second-order valence-electron chi connectivity index (χ2n) is 10.7. The molecule has 0 unspecified atom stereocenters. The lowest BCUT2D eigenvalue weighted by atomic mass is 10.0. The van der Waals surface area contributed by atoms with Gasteiger partial charge < -0.3 is 36.0 Å². The molecule has 0 saturated carbocycles. The maximum Gasteiger partial charge on any atom is 0.161 e. The third-order valence-electron chi connectivity index (χ3n) is 6.98. The normalized spacial score (nSPS) is 11.3. The van der Waals surface area contributed by atoms with Gasteiger partial charge in [0.15, 0.2) is 11.5 Å². The zero-order chi connectivity index (χ0) is 24.9. The molecule has 0 aliphatic carbocycles. The summed E-state index contributed by atoms with van der Waals surface area (Å²) in [6.07, 6.45) is 22.6. The number of aliphatic hydroxyl groups excluding tert-OH is 1. The minimum atomic E-state index is 0. The quantitative estimate of drug-likeness (QED) is 0.153. The van der Waals surface area contributed by atoms with Gasteiger partial charge in [-0.15, -0.1) is 0 Å². The van der Waals surface area contributed by atoms with E-state index in [2.05, 4.69) is 21.0 Å². The molecule has 0 aromatic heterocycles. The zero-order valence-electron chi connectivity index (χ0n) is 23.5. The molecule has 35 heavy (non-hydrogen) atoms. The Morgan fingerprint density at radius 1 is 0.686 bits per heavy atom. The largest absolute Gasteiger partial charge is 1.00 e. The Hall–Kier alpha value is -0.780. The van der Waals surface area contributed by atoms with Crippen LogP contribution in [0.1, 0.15) is 115 Å². The molecule has 1 N–H and O–H groups in total. The number of benzene rings is 1. The van der Waals surface area contributed by atoms with Gasteiger partial charge in [-0.3, -0.25) is 0 Å². The molecule has 5 heteroatoms. The first kappa shape index (κ1) is 34.2. The monoisotopic (exact) mass is 557 g/mol. The average Bonchev–Trinajstić information content (AvgIpc) is 2.83. The molecule has 1 aromatic carbocycles. The molecule has 0 heterocycles. The van der Waals surface area contributed by atoms with E-state index in [4.69, 9.17) is 9.47 Å². The van der Waals surface area contributed by atoms with Crippen LogP contribution in [0.4, 0.5) is 0 Å². The summed E-state index contributed by atoms with van der Waals surface area (Å²) in [5.41, 5.74) is 0.845. The summed E-state index contributed by atoms with van der Waals surface area (Å²) in [7, 11) is 6.23. The number of rotatable bonds is 23. The Morgan fingerprint density at radius 2 is 1.17 bits per heavy atom. The van der Waals surface area contributed by atoms with Crippen LogP contribution in [0.2, 0.25) is 0 Å². The highest BCUT2D eigenvalue weighted by atomic mass is 79.9. The van der Waals surface area contributed by atoms with Gasteiger partial charge in [-0.25, -0.2) is 0 Å². The lowest BCUT2D eigenvalue weighted by Crippen LogP contribution is -3.00. The van der Waals surface area contributed by atoms with E-state index in [9.17, 15) is 5.11 Å². The van der Waals surface area contributed by atoms with Gasteiger partial charge in [-0.05, 0) is 30.5 Å². The topological polar surface area (TPSA) is 38.7 Å². The standard InChI is InChI=1S/C30H56NO3.BrH/c1-5-6-7-8-9-10-11-12-13-14-15-16-17-18-19-20-23-31(2,3)24-25-34-30-26-28(27-32)21-22-29(30)33-4;/h21-22,26,32H,5-20,23-25,27H2,1-4H3;1H/q+1;/p-1. The predicted octanol–water partition coefficient (Wildman–Crippen LogP) is 4.91. The SMILES string of the molecule is CCCCCCCCCCCCCCCCCC[N+](C)(C)CCOc1cc(CO)ccc1OC.[Br-]. The van der Waals surface area contributed by atoms with Crippen molar-refractivity contribution in [2.24, 2.45) is 0 Å². The second-order valence-corrected chi connectivity index (χ2v) is 10.7. The Kier molecular flexibility index (Phi) is 21.9. The maximum absolute atomic E-state index is 9.35. The van der Waals surface area contributed by atoms with Crippen molar-refractivity contribution in [1.82, 2.24) is 0 Å². The van der Waals surface area contributed by atoms with E-state index in [1.54, 1.807) is 7.11 Å². The van der Waals surface area contributed by atoms with Crippen LogP contribution >= 0.6 is 0 Å². The molecule has 0 spiro atoms. The number of aliphatic hydroxyl groups is 1. The number of hydrogen-bond donors (Lipinski definition) is 1. The summed E-state index contributed by atoms with van der Waals surface area (Å²) in [4.78, 5) is 0. The van der Waals surface area contributed by atoms with Crippen LogP contribution in [0.5, 0.6) is 11.5 Å². The molecule has 0 atom stereocenters. The van der Waals surface area contributed by atoms with E-state index in [0.717, 1.165) is 28.1 Å². The van der Waals surface area contributed by atoms with Crippen LogP contribution in [0.15, 0.2) is 18.2 Å². The van der Waals surface area contributed by atoms with Crippen molar-refractivity contribution in [2.45, 2.75) is 116 Å². The minimum Gasteiger partial charge on any atom is -1.00 e. The van der Waals surface area contributed by atoms with Gasteiger partial charge in [-0.2, -0.15) is 0 Å². The van der Waals surface area contributed by atoms with Gasteiger partial charge in [0, 0.05) is 0 Å². The molecule has 0 aliphatic rings. The second kappa shape index (κ2) is 22.4. The van der Waals surface area contributed by atoms with Crippen LogP contribution in [0.25, 0.3) is 0 Å². The fourth-order valence-corrected chi connectivity index (χ4v) is 4.53. The smallest absolute Gasteiger partial charge is 0.161 e. The third-order valence-corrected chi connectivity index (χ3v) is 6.98. The summed E-state index contributed by atoms with van der Waals surface area (Å²) >= 11 is 0. The maximum atomic E-state index is 9.35. The summed E-state index contributed by atoms with van der Waals surface area (Å²) in [5.74, 6) is 1.44. The molecule has 0 saturated heterocycles. The van der Waals surface area contributed by atoms with E-state index in [-0.39, 0.29) is 23.6 Å². The molecule has 0 amide bonds. The molecule has 1 aromatic rings. The van der Waals surface area contributed by atoms with Crippen molar-refractivity contribution < 1.29 is 36.0 Å². The Labute approximate surface area is 228 Å². The predicted molar refractivity (Wildman–Crippen MR) is 146 cm³/mol. The fraction of sp³-hybridized carbons (Fsp3) is 0.800. The van der Waals surface area contributed by atoms with Gasteiger partial charge in [0.1, 0.15) is 13.2 Å². The van der Waals surface area contributed by atoms with Gasteiger partial charge in [0.25, 0.3) is 0 Å². The molecule has 0 radical (unpaired) electrons. The molecule has 206 valence electrons. The molecule has 0 aliphatic heterocycles. The Morgan fingerprint density at radius 3 is 1.63 bits per heavy atom. The lowest BCUT2D eigenvalue weighted by Gasteiger charge is -2.29. The van der Waals surface area contributed by atoms with Gasteiger partial charge in [0.2, 0.25) is 0 Å². The minimum absolute atomic E-state index is 0. The first-order valence-electron chi connectivity index (χ1n) is 14.2. The summed E-state index contributed by atoms with van der Waals surface area (Å²) in [6, 6.07) is 5.59. The number of hydrogen-bond acceptors (Lipinski definition) is 3. The zero-order valence-corrected chi connectivity index (χ0v) is 25.0. The fourth-order valence-electron chi connectivity index (χ4n) is 4.53. The Balaban J connectivity index is 0.0000116.